The number of nitrogens with two attached hydrogens (primary N) is 1. The maximum atomic E-state index is 12.6. The molecule has 2 atom stereocenters. The molecule has 0 aliphatic rings. The second-order valence-corrected chi connectivity index (χ2v) is 6.18. The molecule has 4 N–H and O–H groups in total. The van der Waals surface area contributed by atoms with Crippen molar-refractivity contribution in [3.05, 3.63) is 89.9 Å². The van der Waals surface area contributed by atoms with E-state index in [2.05, 4.69) is 10.6 Å². The average molecular weight is 363 g/mol. The highest BCUT2D eigenvalue weighted by atomic mass is 16.3. The van der Waals surface area contributed by atoms with Crippen LogP contribution in [0.2, 0.25) is 0 Å². The van der Waals surface area contributed by atoms with Gasteiger partial charge >= 0.3 is 0 Å². The van der Waals surface area contributed by atoms with Crippen molar-refractivity contribution < 1.29 is 14.0 Å². The van der Waals surface area contributed by atoms with E-state index in [1.807, 2.05) is 42.5 Å². The molecule has 27 heavy (non-hydrogen) atoms. The van der Waals surface area contributed by atoms with Gasteiger partial charge in [0.25, 0.3) is 0 Å². The summed E-state index contributed by atoms with van der Waals surface area (Å²) >= 11 is 0. The molecule has 1 aromatic heterocycles. The van der Waals surface area contributed by atoms with Crippen molar-refractivity contribution in [2.75, 3.05) is 5.32 Å². The summed E-state index contributed by atoms with van der Waals surface area (Å²) in [5.74, 6) is 0.0213. The number of rotatable bonds is 7. The second-order valence-electron chi connectivity index (χ2n) is 6.18. The Bertz CT molecular complexity index is 890. The number of carbonyl (C=O) groups is 2. The molecule has 0 fully saturated rings. The number of furan rings is 1. The van der Waals surface area contributed by atoms with Crippen molar-refractivity contribution in [3.8, 4) is 0 Å². The van der Waals surface area contributed by atoms with Crippen molar-refractivity contribution in [2.24, 2.45) is 5.73 Å². The summed E-state index contributed by atoms with van der Waals surface area (Å²) in [4.78, 5) is 23.7. The molecule has 0 radical (unpaired) electrons. The van der Waals surface area contributed by atoms with Gasteiger partial charge in [0.1, 0.15) is 5.76 Å². The normalized spacial score (nSPS) is 12.9. The first kappa shape index (κ1) is 18.4. The van der Waals surface area contributed by atoms with Crippen LogP contribution in [0.15, 0.2) is 77.4 Å². The quantitative estimate of drug-likeness (QED) is 0.601. The fraction of sp³-hybridized carbons (Fsp3) is 0.143. The van der Waals surface area contributed by atoms with E-state index >= 15 is 0 Å². The van der Waals surface area contributed by atoms with Crippen LogP contribution in [0.3, 0.4) is 0 Å². The zero-order valence-corrected chi connectivity index (χ0v) is 14.9. The van der Waals surface area contributed by atoms with Gasteiger partial charge in [-0.2, -0.15) is 0 Å². The van der Waals surface area contributed by atoms with Gasteiger partial charge < -0.3 is 15.5 Å². The maximum absolute atomic E-state index is 12.6. The molecule has 6 nitrogen and oxygen atoms in total. The van der Waals surface area contributed by atoms with E-state index < -0.39 is 11.9 Å². The lowest BCUT2D eigenvalue weighted by molar-refractivity contribution is -0.117. The highest BCUT2D eigenvalue weighted by Gasteiger charge is 2.22. The zero-order valence-electron chi connectivity index (χ0n) is 14.9. The Kier molecular flexibility index (Phi) is 5.68. The number of primary amides is 1. The standard InChI is InChI=1S/C21H21N3O3/c1-14(21(26)24-17-11-9-16(10-12-17)20(22)25)23-19(18-8-5-13-27-18)15-6-3-2-4-7-15/h2-14,19,23H,1H3,(H2,22,25)(H,24,26)/t14-,19+/m1/s1. The molecule has 0 saturated carbocycles. The van der Waals surface area contributed by atoms with Gasteiger partial charge in [-0.25, -0.2) is 0 Å². The minimum absolute atomic E-state index is 0.200. The van der Waals surface area contributed by atoms with Crippen LogP contribution in [0.25, 0.3) is 0 Å². The van der Waals surface area contributed by atoms with Crippen LogP contribution in [0.1, 0.15) is 34.6 Å². The number of anilines is 1. The lowest BCUT2D eigenvalue weighted by Gasteiger charge is -2.22. The Morgan fingerprint density at radius 2 is 1.67 bits per heavy atom. The first-order chi connectivity index (χ1) is 13.0. The number of nitrogens with one attached hydrogen (secondary N) is 2. The van der Waals surface area contributed by atoms with Crippen molar-refractivity contribution in [1.82, 2.24) is 5.32 Å². The van der Waals surface area contributed by atoms with Crippen LogP contribution in [0.5, 0.6) is 0 Å². The molecule has 2 aromatic carbocycles. The van der Waals surface area contributed by atoms with E-state index in [9.17, 15) is 9.59 Å². The Balaban J connectivity index is 1.70. The molecular formula is C21H21N3O3. The van der Waals surface area contributed by atoms with E-state index in [0.717, 1.165) is 11.3 Å². The van der Waals surface area contributed by atoms with Crippen LogP contribution in [0.4, 0.5) is 5.69 Å². The van der Waals surface area contributed by atoms with Crippen molar-refractivity contribution in [1.29, 1.82) is 0 Å². The first-order valence-electron chi connectivity index (χ1n) is 8.59. The molecule has 6 heteroatoms. The molecule has 0 aliphatic carbocycles. The third-order valence-corrected chi connectivity index (χ3v) is 4.21. The Morgan fingerprint density at radius 1 is 0.963 bits per heavy atom. The van der Waals surface area contributed by atoms with E-state index in [1.54, 1.807) is 37.5 Å². The van der Waals surface area contributed by atoms with Gasteiger partial charge in [0.2, 0.25) is 11.8 Å². The van der Waals surface area contributed by atoms with Crippen LogP contribution in [0, 0.1) is 0 Å². The molecule has 0 aliphatic heterocycles. The Labute approximate surface area is 157 Å². The van der Waals surface area contributed by atoms with Crippen LogP contribution >= 0.6 is 0 Å². The SMILES string of the molecule is C[C@@H](N[C@@H](c1ccccc1)c1ccco1)C(=O)Nc1ccc(C(N)=O)cc1. The third kappa shape index (κ3) is 4.62. The van der Waals surface area contributed by atoms with Crippen LogP contribution in [-0.4, -0.2) is 17.9 Å². The van der Waals surface area contributed by atoms with Gasteiger partial charge in [-0.15, -0.1) is 0 Å². The summed E-state index contributed by atoms with van der Waals surface area (Å²) in [5, 5.41) is 6.13. The van der Waals surface area contributed by atoms with Gasteiger partial charge in [-0.3, -0.25) is 14.9 Å². The summed E-state index contributed by atoms with van der Waals surface area (Å²) in [6.07, 6.45) is 1.61. The van der Waals surface area contributed by atoms with Crippen LogP contribution in [-0.2, 0) is 4.79 Å². The molecule has 1 heterocycles. The van der Waals surface area contributed by atoms with Crippen molar-refractivity contribution in [2.45, 2.75) is 19.0 Å². The smallest absolute Gasteiger partial charge is 0.248 e. The minimum atomic E-state index is -0.507. The molecule has 2 amide bonds. The van der Waals surface area contributed by atoms with E-state index in [0.29, 0.717) is 11.3 Å². The molecule has 0 bridgehead atoms. The largest absolute Gasteiger partial charge is 0.467 e. The molecule has 0 spiro atoms. The number of amides is 2. The van der Waals surface area contributed by atoms with E-state index in [4.69, 9.17) is 10.2 Å². The van der Waals surface area contributed by atoms with Crippen molar-refractivity contribution >= 4 is 17.5 Å². The molecule has 3 rings (SSSR count). The first-order valence-corrected chi connectivity index (χ1v) is 8.59. The van der Waals surface area contributed by atoms with E-state index in [1.165, 1.54) is 0 Å². The zero-order chi connectivity index (χ0) is 19.2. The monoisotopic (exact) mass is 363 g/mol. The molecular weight excluding hydrogens is 342 g/mol. The number of hydrogen-bond acceptors (Lipinski definition) is 4. The third-order valence-electron chi connectivity index (χ3n) is 4.21. The Morgan fingerprint density at radius 3 is 2.26 bits per heavy atom. The van der Waals surface area contributed by atoms with E-state index in [-0.39, 0.29) is 11.9 Å². The molecule has 3 aromatic rings. The topological polar surface area (TPSA) is 97.4 Å². The number of carbonyl (C=O) groups excluding carboxylic acids is 2. The summed E-state index contributed by atoms with van der Waals surface area (Å²) in [7, 11) is 0. The predicted octanol–water partition coefficient (Wildman–Crippen LogP) is 3.08. The van der Waals surface area contributed by atoms with Gasteiger partial charge in [0, 0.05) is 11.3 Å². The number of benzene rings is 2. The predicted molar refractivity (Wildman–Crippen MR) is 103 cm³/mol. The maximum Gasteiger partial charge on any atom is 0.248 e. The Hall–Kier alpha value is -3.38. The summed E-state index contributed by atoms with van der Waals surface area (Å²) in [6, 6.07) is 19.2. The highest BCUT2D eigenvalue weighted by Crippen LogP contribution is 2.23. The summed E-state index contributed by atoms with van der Waals surface area (Å²) in [5.41, 5.74) is 7.20. The number of hydrogen-bond donors (Lipinski definition) is 3. The minimum Gasteiger partial charge on any atom is -0.467 e. The second kappa shape index (κ2) is 8.33. The molecule has 138 valence electrons. The highest BCUT2D eigenvalue weighted by molar-refractivity contribution is 5.96. The summed E-state index contributed by atoms with van der Waals surface area (Å²) < 4.78 is 5.55. The van der Waals surface area contributed by atoms with Gasteiger partial charge in [-0.1, -0.05) is 30.3 Å². The fourth-order valence-corrected chi connectivity index (χ4v) is 2.74. The van der Waals surface area contributed by atoms with Crippen LogP contribution < -0.4 is 16.4 Å². The van der Waals surface area contributed by atoms with Gasteiger partial charge in [0.05, 0.1) is 18.3 Å². The fourth-order valence-electron chi connectivity index (χ4n) is 2.74. The average Bonchev–Trinajstić information content (AvgIpc) is 3.21. The summed E-state index contributed by atoms with van der Waals surface area (Å²) in [6.45, 7) is 1.78. The van der Waals surface area contributed by atoms with Crippen molar-refractivity contribution in [3.63, 3.8) is 0 Å². The molecule has 0 unspecified atom stereocenters. The lowest BCUT2D eigenvalue weighted by atomic mass is 10.0. The molecule has 0 saturated heterocycles. The lowest BCUT2D eigenvalue weighted by Crippen LogP contribution is -2.40. The van der Waals surface area contributed by atoms with Gasteiger partial charge in [-0.05, 0) is 48.9 Å². The van der Waals surface area contributed by atoms with Gasteiger partial charge in [0.15, 0.2) is 0 Å².